The number of para-hydroxylation sites is 1. The third-order valence-corrected chi connectivity index (χ3v) is 3.99. The Bertz CT molecular complexity index is 480. The minimum absolute atomic E-state index is 0.309. The number of piperazine rings is 1. The molecule has 0 saturated carbocycles. The highest BCUT2D eigenvalue weighted by molar-refractivity contribution is 5.89. The Morgan fingerprint density at radius 3 is 2.90 bits per heavy atom. The maximum atomic E-state index is 14.1. The largest absolute Gasteiger partial charge is 0.368 e. The van der Waals surface area contributed by atoms with E-state index in [1.807, 2.05) is 4.90 Å². The summed E-state index contributed by atoms with van der Waals surface area (Å²) in [7, 11) is 0. The molecular weight excluding hydrogens is 257 g/mol. The van der Waals surface area contributed by atoms with Crippen LogP contribution in [0.4, 0.5) is 10.1 Å². The first-order chi connectivity index (χ1) is 9.62. The fourth-order valence-electron chi connectivity index (χ4n) is 2.85. The monoisotopic (exact) mass is 279 g/mol. The molecule has 1 unspecified atom stereocenters. The van der Waals surface area contributed by atoms with Crippen molar-refractivity contribution in [2.24, 2.45) is 5.73 Å². The molecular formula is C15H22FN3O. The number of benzene rings is 1. The van der Waals surface area contributed by atoms with Crippen LogP contribution in [0.3, 0.4) is 0 Å². The number of nitrogens with two attached hydrogens (primary N) is 1. The normalized spacial score (nSPS) is 22.8. The number of nitrogens with zero attached hydrogens (tertiary/aromatic N) is 1. The molecule has 1 amide bonds. The second-order valence-corrected chi connectivity index (χ2v) is 5.28. The van der Waals surface area contributed by atoms with Gasteiger partial charge >= 0.3 is 0 Å². The second kappa shape index (κ2) is 6.22. The third-order valence-electron chi connectivity index (χ3n) is 3.99. The Kier molecular flexibility index (Phi) is 4.60. The van der Waals surface area contributed by atoms with Crippen molar-refractivity contribution in [3.05, 3.63) is 30.1 Å². The Morgan fingerprint density at radius 1 is 1.50 bits per heavy atom. The number of carbonyl (C=O) groups excluding carboxylic acids is 1. The van der Waals surface area contributed by atoms with Crippen LogP contribution in [0.2, 0.25) is 0 Å². The number of amides is 1. The molecule has 0 aliphatic carbocycles. The van der Waals surface area contributed by atoms with Crippen molar-refractivity contribution in [2.75, 3.05) is 24.5 Å². The fourth-order valence-corrected chi connectivity index (χ4v) is 2.85. The van der Waals surface area contributed by atoms with Crippen LogP contribution in [0.15, 0.2) is 24.3 Å². The number of nitrogens with one attached hydrogen (secondary N) is 1. The van der Waals surface area contributed by atoms with Gasteiger partial charge in [-0.2, -0.15) is 0 Å². The van der Waals surface area contributed by atoms with E-state index in [1.54, 1.807) is 18.2 Å². The van der Waals surface area contributed by atoms with Crippen LogP contribution in [0.25, 0.3) is 0 Å². The summed E-state index contributed by atoms with van der Waals surface area (Å²) in [5.41, 5.74) is 5.30. The summed E-state index contributed by atoms with van der Waals surface area (Å²) >= 11 is 0. The van der Waals surface area contributed by atoms with Crippen LogP contribution in [0, 0.1) is 5.82 Å². The predicted octanol–water partition coefficient (Wildman–Crippen LogP) is 1.65. The molecule has 2 rings (SSSR count). The van der Waals surface area contributed by atoms with Crippen LogP contribution >= 0.6 is 0 Å². The van der Waals surface area contributed by atoms with Gasteiger partial charge in [-0.15, -0.1) is 0 Å². The van der Waals surface area contributed by atoms with Crippen molar-refractivity contribution in [3.8, 4) is 0 Å². The van der Waals surface area contributed by atoms with Gasteiger partial charge in [-0.3, -0.25) is 4.79 Å². The first-order valence-electron chi connectivity index (χ1n) is 7.14. The Balaban J connectivity index is 2.40. The van der Waals surface area contributed by atoms with E-state index < -0.39 is 5.54 Å². The third kappa shape index (κ3) is 2.63. The first kappa shape index (κ1) is 14.8. The zero-order valence-electron chi connectivity index (χ0n) is 11.9. The highest BCUT2D eigenvalue weighted by Gasteiger charge is 2.44. The molecule has 0 bridgehead atoms. The van der Waals surface area contributed by atoms with E-state index in [2.05, 4.69) is 12.2 Å². The van der Waals surface area contributed by atoms with Gasteiger partial charge in [0.15, 0.2) is 0 Å². The quantitative estimate of drug-likeness (QED) is 0.861. The van der Waals surface area contributed by atoms with Crippen molar-refractivity contribution in [3.63, 3.8) is 0 Å². The summed E-state index contributed by atoms with van der Waals surface area (Å²) < 4.78 is 14.1. The highest BCUT2D eigenvalue weighted by Crippen LogP contribution is 2.31. The van der Waals surface area contributed by atoms with Gasteiger partial charge in [0.1, 0.15) is 11.4 Å². The molecule has 1 aliphatic heterocycles. The average molecular weight is 279 g/mol. The molecule has 110 valence electrons. The van der Waals surface area contributed by atoms with E-state index in [4.69, 9.17) is 5.73 Å². The average Bonchev–Trinajstić information content (AvgIpc) is 2.46. The van der Waals surface area contributed by atoms with Gasteiger partial charge in [0.05, 0.1) is 5.69 Å². The molecule has 1 aliphatic rings. The van der Waals surface area contributed by atoms with Crippen LogP contribution in [-0.2, 0) is 4.79 Å². The number of anilines is 1. The summed E-state index contributed by atoms with van der Waals surface area (Å²) in [6.45, 7) is 3.83. The lowest BCUT2D eigenvalue weighted by atomic mass is 9.87. The molecule has 0 spiro atoms. The molecule has 1 aromatic rings. The molecule has 1 fully saturated rings. The zero-order chi connectivity index (χ0) is 14.6. The molecule has 1 aromatic carbocycles. The van der Waals surface area contributed by atoms with E-state index >= 15 is 0 Å². The zero-order valence-corrected chi connectivity index (χ0v) is 11.9. The van der Waals surface area contributed by atoms with E-state index in [-0.39, 0.29) is 11.7 Å². The first-order valence-corrected chi connectivity index (χ1v) is 7.14. The maximum Gasteiger partial charge on any atom is 0.244 e. The van der Waals surface area contributed by atoms with Crippen molar-refractivity contribution in [1.82, 2.24) is 5.32 Å². The molecule has 20 heavy (non-hydrogen) atoms. The van der Waals surface area contributed by atoms with Gasteiger partial charge in [-0.1, -0.05) is 31.9 Å². The van der Waals surface area contributed by atoms with Crippen LogP contribution < -0.4 is 16.0 Å². The van der Waals surface area contributed by atoms with Gasteiger partial charge in [0.25, 0.3) is 0 Å². The molecule has 0 aromatic heterocycles. The molecule has 4 nitrogen and oxygen atoms in total. The van der Waals surface area contributed by atoms with E-state index in [9.17, 15) is 9.18 Å². The number of carbonyl (C=O) groups is 1. The summed E-state index contributed by atoms with van der Waals surface area (Å²) in [6.07, 6.45) is 2.50. The fraction of sp³-hybridized carbons (Fsp3) is 0.533. The topological polar surface area (TPSA) is 58.4 Å². The SMILES string of the molecule is CCCCC1(C(N)=O)CNCCN1c1ccccc1F. The maximum absolute atomic E-state index is 14.1. The lowest BCUT2D eigenvalue weighted by Gasteiger charge is -2.47. The lowest BCUT2D eigenvalue weighted by Crippen LogP contribution is -2.67. The Hall–Kier alpha value is -1.62. The number of halogens is 1. The summed E-state index contributed by atoms with van der Waals surface area (Å²) in [5.74, 6) is -0.696. The van der Waals surface area contributed by atoms with Crippen molar-refractivity contribution in [1.29, 1.82) is 0 Å². The molecule has 0 radical (unpaired) electrons. The van der Waals surface area contributed by atoms with Gasteiger partial charge < -0.3 is 16.0 Å². The Morgan fingerprint density at radius 2 is 2.25 bits per heavy atom. The molecule has 3 N–H and O–H groups in total. The lowest BCUT2D eigenvalue weighted by molar-refractivity contribution is -0.123. The number of unbranched alkanes of at least 4 members (excludes halogenated alkanes) is 1. The minimum Gasteiger partial charge on any atom is -0.368 e. The minimum atomic E-state index is -0.837. The number of primary amides is 1. The predicted molar refractivity (Wildman–Crippen MR) is 78.1 cm³/mol. The molecule has 1 heterocycles. The summed E-state index contributed by atoms with van der Waals surface area (Å²) in [4.78, 5) is 13.9. The summed E-state index contributed by atoms with van der Waals surface area (Å²) in [6, 6.07) is 6.57. The van der Waals surface area contributed by atoms with Gasteiger partial charge in [0.2, 0.25) is 5.91 Å². The molecule has 1 atom stereocenters. The Labute approximate surface area is 119 Å². The highest BCUT2D eigenvalue weighted by atomic mass is 19.1. The standard InChI is InChI=1S/C15H22FN3O/c1-2-3-8-15(14(17)20)11-18-9-10-19(15)13-7-5-4-6-12(13)16/h4-7,18H,2-3,8-11H2,1H3,(H2,17,20). The van der Waals surface area contributed by atoms with E-state index in [0.717, 1.165) is 19.4 Å². The number of hydrogen-bond donors (Lipinski definition) is 2. The second-order valence-electron chi connectivity index (χ2n) is 5.28. The van der Waals surface area contributed by atoms with Crippen molar-refractivity contribution in [2.45, 2.75) is 31.7 Å². The molecule has 5 heteroatoms. The van der Waals surface area contributed by atoms with Crippen molar-refractivity contribution >= 4 is 11.6 Å². The van der Waals surface area contributed by atoms with Gasteiger partial charge in [-0.05, 0) is 18.6 Å². The molecule has 1 saturated heterocycles. The smallest absolute Gasteiger partial charge is 0.244 e. The summed E-state index contributed by atoms with van der Waals surface area (Å²) in [5, 5.41) is 3.22. The van der Waals surface area contributed by atoms with Crippen LogP contribution in [0.5, 0.6) is 0 Å². The van der Waals surface area contributed by atoms with Crippen LogP contribution in [-0.4, -0.2) is 31.1 Å². The van der Waals surface area contributed by atoms with Crippen molar-refractivity contribution < 1.29 is 9.18 Å². The number of hydrogen-bond acceptors (Lipinski definition) is 3. The van der Waals surface area contributed by atoms with E-state index in [0.29, 0.717) is 25.2 Å². The van der Waals surface area contributed by atoms with Gasteiger partial charge in [0, 0.05) is 19.6 Å². The van der Waals surface area contributed by atoms with Gasteiger partial charge in [-0.25, -0.2) is 4.39 Å². The van der Waals surface area contributed by atoms with E-state index in [1.165, 1.54) is 6.07 Å². The van der Waals surface area contributed by atoms with Crippen LogP contribution in [0.1, 0.15) is 26.2 Å². The number of rotatable bonds is 5.